The Morgan fingerprint density at radius 3 is 2.53 bits per heavy atom. The number of sulfonamides is 1. The number of carbonyl (C=O) groups excluding carboxylic acids is 1. The van der Waals surface area contributed by atoms with Crippen molar-refractivity contribution < 1.29 is 17.9 Å². The second kappa shape index (κ2) is 9.26. The highest BCUT2D eigenvalue weighted by Gasteiger charge is 2.43. The molecule has 3 aliphatic heterocycles. The topological polar surface area (TPSA) is 70.2 Å². The lowest BCUT2D eigenvalue weighted by atomic mass is 9.89. The van der Waals surface area contributed by atoms with E-state index in [2.05, 4.69) is 37.1 Å². The number of fused-ring (bicyclic) bond motifs is 3. The molecule has 2 unspecified atom stereocenters. The van der Waals surface area contributed by atoms with Gasteiger partial charge in [-0.3, -0.25) is 4.79 Å². The molecule has 2 aromatic rings. The molecule has 8 heteroatoms. The maximum Gasteiger partial charge on any atom is 0.251 e. The van der Waals surface area contributed by atoms with Gasteiger partial charge >= 0.3 is 0 Å². The molecule has 0 spiro atoms. The fraction of sp³-hybridized carbons (Fsp3) is 0.423. The highest BCUT2D eigenvalue weighted by atomic mass is 32.2. The Kier molecular flexibility index (Phi) is 6.33. The monoisotopic (exact) mass is 481 g/mol. The Bertz CT molecular complexity index is 1200. The smallest absolute Gasteiger partial charge is 0.251 e. The van der Waals surface area contributed by atoms with E-state index in [9.17, 15) is 13.2 Å². The minimum Gasteiger partial charge on any atom is -0.379 e. The zero-order valence-corrected chi connectivity index (χ0v) is 20.5. The minimum atomic E-state index is -3.53. The van der Waals surface area contributed by atoms with E-state index < -0.39 is 10.0 Å². The van der Waals surface area contributed by atoms with Crippen LogP contribution in [0.5, 0.6) is 0 Å². The third-order valence-corrected chi connectivity index (χ3v) is 9.01. The Labute approximate surface area is 201 Å². The normalized spacial score (nSPS) is 23.8. The van der Waals surface area contributed by atoms with Crippen LogP contribution in [0.15, 0.2) is 53.4 Å². The molecule has 180 valence electrons. The van der Waals surface area contributed by atoms with Crippen LogP contribution in [0.4, 0.5) is 5.69 Å². The molecule has 0 bridgehead atoms. The second-order valence-electron chi connectivity index (χ2n) is 9.41. The predicted molar refractivity (Wildman–Crippen MR) is 132 cm³/mol. The molecule has 0 aromatic heterocycles. The van der Waals surface area contributed by atoms with Crippen molar-refractivity contribution in [2.24, 2.45) is 0 Å². The third-order valence-electron chi connectivity index (χ3n) is 7.10. The van der Waals surface area contributed by atoms with Gasteiger partial charge in [0.1, 0.15) is 0 Å². The van der Waals surface area contributed by atoms with Crippen molar-refractivity contribution in [2.75, 3.05) is 51.3 Å². The maximum absolute atomic E-state index is 13.3. The van der Waals surface area contributed by atoms with Gasteiger partial charge in [0.15, 0.2) is 0 Å². The molecule has 0 aliphatic carbocycles. The summed E-state index contributed by atoms with van der Waals surface area (Å²) in [5.41, 5.74) is 4.27. The molecular formula is C26H31N3O4S. The summed E-state index contributed by atoms with van der Waals surface area (Å²) in [6, 6.07) is 13.2. The number of morpholine rings is 1. The number of nitrogens with zero attached hydrogens (tertiary/aromatic N) is 3. The van der Waals surface area contributed by atoms with Gasteiger partial charge in [-0.05, 0) is 62.3 Å². The lowest BCUT2D eigenvalue weighted by Crippen LogP contribution is -2.46. The molecule has 34 heavy (non-hydrogen) atoms. The van der Waals surface area contributed by atoms with Gasteiger partial charge in [-0.2, -0.15) is 4.31 Å². The van der Waals surface area contributed by atoms with Gasteiger partial charge < -0.3 is 14.5 Å². The van der Waals surface area contributed by atoms with E-state index in [1.54, 1.807) is 36.4 Å². The third kappa shape index (κ3) is 4.31. The molecule has 0 radical (unpaired) electrons. The van der Waals surface area contributed by atoms with Crippen LogP contribution >= 0.6 is 0 Å². The zero-order valence-electron chi connectivity index (χ0n) is 19.7. The SMILES string of the molecule is Cc1ccc2c(c1)C1CN(C)CCC1N2C(=O)C=Cc1ccc(S(=O)(=O)N2CCOCC2)cc1. The molecule has 7 nitrogen and oxygen atoms in total. The molecule has 3 heterocycles. The summed E-state index contributed by atoms with van der Waals surface area (Å²) in [5, 5.41) is 0. The number of benzene rings is 2. The molecule has 0 N–H and O–H groups in total. The molecule has 3 aliphatic rings. The summed E-state index contributed by atoms with van der Waals surface area (Å²) in [5.74, 6) is 0.294. The Morgan fingerprint density at radius 1 is 1.06 bits per heavy atom. The van der Waals surface area contributed by atoms with Crippen molar-refractivity contribution in [1.29, 1.82) is 0 Å². The van der Waals surface area contributed by atoms with E-state index in [0.717, 1.165) is 30.8 Å². The van der Waals surface area contributed by atoms with E-state index in [1.807, 2.05) is 4.90 Å². The largest absolute Gasteiger partial charge is 0.379 e. The first kappa shape index (κ1) is 23.2. The molecule has 2 saturated heterocycles. The van der Waals surface area contributed by atoms with Crippen molar-refractivity contribution in [3.8, 4) is 0 Å². The number of likely N-dealkylation sites (N-methyl/N-ethyl adjacent to an activating group) is 1. The molecule has 0 saturated carbocycles. The number of aryl methyl sites for hydroxylation is 1. The van der Waals surface area contributed by atoms with Crippen LogP contribution in [0.25, 0.3) is 6.08 Å². The van der Waals surface area contributed by atoms with Gasteiger partial charge in [-0.15, -0.1) is 0 Å². The summed E-state index contributed by atoms with van der Waals surface area (Å²) in [7, 11) is -1.39. The number of ether oxygens (including phenoxy) is 1. The first-order valence-corrected chi connectivity index (χ1v) is 13.3. The summed E-state index contributed by atoms with van der Waals surface area (Å²) >= 11 is 0. The Morgan fingerprint density at radius 2 is 1.79 bits per heavy atom. The van der Waals surface area contributed by atoms with Crippen molar-refractivity contribution in [2.45, 2.75) is 30.2 Å². The van der Waals surface area contributed by atoms with E-state index in [0.29, 0.717) is 32.2 Å². The van der Waals surface area contributed by atoms with Crippen molar-refractivity contribution in [3.63, 3.8) is 0 Å². The predicted octanol–water partition coefficient (Wildman–Crippen LogP) is 2.86. The number of anilines is 1. The van der Waals surface area contributed by atoms with Crippen LogP contribution in [0.3, 0.4) is 0 Å². The molecular weight excluding hydrogens is 450 g/mol. The minimum absolute atomic E-state index is 0.0350. The van der Waals surface area contributed by atoms with Crippen LogP contribution < -0.4 is 4.90 Å². The molecule has 2 aromatic carbocycles. The van der Waals surface area contributed by atoms with Crippen LogP contribution in [-0.4, -0.2) is 76.0 Å². The van der Waals surface area contributed by atoms with Crippen LogP contribution in [0.2, 0.25) is 0 Å². The lowest BCUT2D eigenvalue weighted by Gasteiger charge is -2.36. The number of amides is 1. The summed E-state index contributed by atoms with van der Waals surface area (Å²) < 4.78 is 32.4. The summed E-state index contributed by atoms with van der Waals surface area (Å²) in [6.07, 6.45) is 4.32. The van der Waals surface area contributed by atoms with Gasteiger partial charge in [0, 0.05) is 43.4 Å². The van der Waals surface area contributed by atoms with Gasteiger partial charge in [0.25, 0.3) is 5.91 Å². The van der Waals surface area contributed by atoms with E-state index in [1.165, 1.54) is 15.4 Å². The highest BCUT2D eigenvalue weighted by molar-refractivity contribution is 7.89. The second-order valence-corrected chi connectivity index (χ2v) is 11.4. The molecule has 1 amide bonds. The highest BCUT2D eigenvalue weighted by Crippen LogP contribution is 2.45. The van der Waals surface area contributed by atoms with Crippen LogP contribution in [-0.2, 0) is 19.6 Å². The van der Waals surface area contributed by atoms with Crippen LogP contribution in [0, 0.1) is 6.92 Å². The van der Waals surface area contributed by atoms with Gasteiger partial charge in [0.05, 0.1) is 18.1 Å². The number of rotatable bonds is 4. The van der Waals surface area contributed by atoms with Gasteiger partial charge in [0.2, 0.25) is 10.0 Å². The van der Waals surface area contributed by atoms with E-state index >= 15 is 0 Å². The Balaban J connectivity index is 1.34. The standard InChI is InChI=1S/C26H31N3O4S/c1-19-3-9-24-22(17-19)23-18-27(2)12-11-25(23)29(24)26(30)10-6-20-4-7-21(8-5-20)34(31,32)28-13-15-33-16-14-28/h3-10,17,23,25H,11-16,18H2,1-2H3. The van der Waals surface area contributed by atoms with Gasteiger partial charge in [-0.1, -0.05) is 29.8 Å². The van der Waals surface area contributed by atoms with E-state index in [4.69, 9.17) is 4.74 Å². The van der Waals surface area contributed by atoms with Crippen molar-refractivity contribution in [3.05, 3.63) is 65.2 Å². The van der Waals surface area contributed by atoms with E-state index in [-0.39, 0.29) is 16.8 Å². The zero-order chi connectivity index (χ0) is 23.9. The fourth-order valence-electron chi connectivity index (χ4n) is 5.30. The molecule has 2 fully saturated rings. The number of carbonyl (C=O) groups is 1. The average molecular weight is 482 g/mol. The summed E-state index contributed by atoms with van der Waals surface area (Å²) in [6.45, 7) is 5.59. The summed E-state index contributed by atoms with van der Waals surface area (Å²) in [4.78, 5) is 17.9. The fourth-order valence-corrected chi connectivity index (χ4v) is 6.71. The molecule has 2 atom stereocenters. The van der Waals surface area contributed by atoms with Crippen molar-refractivity contribution in [1.82, 2.24) is 9.21 Å². The first-order valence-electron chi connectivity index (χ1n) is 11.8. The van der Waals surface area contributed by atoms with Crippen LogP contribution in [0.1, 0.15) is 29.0 Å². The first-order chi connectivity index (χ1) is 16.3. The molecule has 5 rings (SSSR count). The number of hydrogen-bond donors (Lipinski definition) is 0. The maximum atomic E-state index is 13.3. The number of piperidine rings is 1. The van der Waals surface area contributed by atoms with Crippen molar-refractivity contribution >= 4 is 27.7 Å². The lowest BCUT2D eigenvalue weighted by molar-refractivity contribution is -0.114. The Hall–Kier alpha value is -2.52. The quantitative estimate of drug-likeness (QED) is 0.628. The number of likely N-dealkylation sites (tertiary alicyclic amines) is 1. The number of hydrogen-bond acceptors (Lipinski definition) is 5. The average Bonchev–Trinajstić information content (AvgIpc) is 3.16. The van der Waals surface area contributed by atoms with Gasteiger partial charge in [-0.25, -0.2) is 8.42 Å².